The van der Waals surface area contributed by atoms with E-state index in [0.29, 0.717) is 22.5 Å². The zero-order valence-corrected chi connectivity index (χ0v) is 17.9. The van der Waals surface area contributed by atoms with Crippen molar-refractivity contribution in [2.24, 2.45) is 0 Å². The van der Waals surface area contributed by atoms with E-state index in [0.717, 1.165) is 0 Å². The Morgan fingerprint density at radius 2 is 1.39 bits per heavy atom. The van der Waals surface area contributed by atoms with Gasteiger partial charge in [-0.2, -0.15) is 0 Å². The lowest BCUT2D eigenvalue weighted by Gasteiger charge is -2.06. The lowest BCUT2D eigenvalue weighted by Crippen LogP contribution is -2.06. The summed E-state index contributed by atoms with van der Waals surface area (Å²) in [5, 5.41) is 15.7. The van der Waals surface area contributed by atoms with Crippen LogP contribution < -0.4 is 10.6 Å². The van der Waals surface area contributed by atoms with Gasteiger partial charge in [0.25, 0.3) is 0 Å². The molecule has 3 N–H and O–H groups in total. The Bertz CT molecular complexity index is 1320. The fraction of sp³-hybridized carbons (Fsp3) is 0.160. The molecule has 166 valence electrons. The van der Waals surface area contributed by atoms with E-state index in [2.05, 4.69) is 10.6 Å². The molecule has 0 fully saturated rings. The summed E-state index contributed by atoms with van der Waals surface area (Å²) in [5.74, 6) is -1.83. The van der Waals surface area contributed by atoms with Crippen molar-refractivity contribution in [1.29, 1.82) is 0 Å². The maximum Gasteiger partial charge on any atom is 0.221 e. The van der Waals surface area contributed by atoms with Gasteiger partial charge < -0.3 is 15.7 Å². The zero-order valence-electron chi connectivity index (χ0n) is 17.9. The van der Waals surface area contributed by atoms with Crippen molar-refractivity contribution in [2.75, 3.05) is 10.6 Å². The molecule has 2 aliphatic rings. The summed E-state index contributed by atoms with van der Waals surface area (Å²) < 4.78 is 0. The maximum absolute atomic E-state index is 12.8. The van der Waals surface area contributed by atoms with Crippen LogP contribution in [0.4, 0.5) is 11.4 Å². The molecule has 0 heterocycles. The number of nitrogens with one attached hydrogen (secondary N) is 2. The molecule has 1 atom stereocenters. The Morgan fingerprint density at radius 1 is 0.818 bits per heavy atom. The predicted octanol–water partition coefficient (Wildman–Crippen LogP) is 3.16. The molecule has 0 aromatic heterocycles. The van der Waals surface area contributed by atoms with Crippen LogP contribution in [-0.2, 0) is 9.59 Å². The Hall–Kier alpha value is -4.17. The van der Waals surface area contributed by atoms with Crippen molar-refractivity contribution in [3.63, 3.8) is 0 Å². The third-order valence-corrected chi connectivity index (χ3v) is 5.45. The molecule has 1 unspecified atom stereocenters. The van der Waals surface area contributed by atoms with Crippen molar-refractivity contribution in [3.05, 3.63) is 82.0 Å². The minimum absolute atomic E-state index is 0.0211. The minimum atomic E-state index is -1.13. The van der Waals surface area contributed by atoms with Crippen LogP contribution >= 0.6 is 0 Å². The molecule has 2 aliphatic carbocycles. The number of carbonyl (C=O) groups excluding carboxylic acids is 5. The van der Waals surface area contributed by atoms with Gasteiger partial charge in [0.05, 0.1) is 5.57 Å². The van der Waals surface area contributed by atoms with E-state index < -0.39 is 17.7 Å². The van der Waals surface area contributed by atoms with Crippen LogP contribution in [0.15, 0.2) is 59.7 Å². The van der Waals surface area contributed by atoms with Crippen LogP contribution in [0, 0.1) is 0 Å². The fourth-order valence-corrected chi connectivity index (χ4v) is 4.02. The molecule has 0 radical (unpaired) electrons. The van der Waals surface area contributed by atoms with Gasteiger partial charge in [0, 0.05) is 47.5 Å². The number of aliphatic hydroxyl groups is 1. The number of fused-ring (bicyclic) bond motifs is 2. The van der Waals surface area contributed by atoms with Crippen LogP contribution in [0.2, 0.25) is 0 Å². The number of carbonyl (C=O) groups is 5. The molecule has 4 rings (SSSR count). The first-order valence-corrected chi connectivity index (χ1v) is 10.2. The summed E-state index contributed by atoms with van der Waals surface area (Å²) in [6, 6.07) is 9.20. The molecular weight excluding hydrogens is 424 g/mol. The fourth-order valence-electron chi connectivity index (χ4n) is 4.02. The summed E-state index contributed by atoms with van der Waals surface area (Å²) >= 11 is 0. The van der Waals surface area contributed by atoms with Crippen LogP contribution in [0.1, 0.15) is 63.0 Å². The van der Waals surface area contributed by atoms with Gasteiger partial charge in [-0.1, -0.05) is 18.2 Å². The largest absolute Gasteiger partial charge is 0.383 e. The second-order valence-electron chi connectivity index (χ2n) is 7.83. The van der Waals surface area contributed by atoms with E-state index in [4.69, 9.17) is 0 Å². The van der Waals surface area contributed by atoms with Crippen LogP contribution in [-0.4, -0.2) is 34.3 Å². The van der Waals surface area contributed by atoms with Gasteiger partial charge in [-0.15, -0.1) is 0 Å². The highest BCUT2D eigenvalue weighted by atomic mass is 16.3. The summed E-state index contributed by atoms with van der Waals surface area (Å²) in [6.45, 7) is 2.70. The van der Waals surface area contributed by atoms with Crippen LogP contribution in [0.25, 0.3) is 0 Å². The highest BCUT2D eigenvalue weighted by Crippen LogP contribution is 2.37. The van der Waals surface area contributed by atoms with Gasteiger partial charge in [0.15, 0.2) is 17.3 Å². The van der Waals surface area contributed by atoms with E-state index in [-0.39, 0.29) is 46.3 Å². The maximum atomic E-state index is 12.8. The van der Waals surface area contributed by atoms with E-state index in [1.807, 2.05) is 0 Å². The molecule has 8 nitrogen and oxygen atoms in total. The number of aliphatic hydroxyl groups excluding tert-OH is 1. The molecule has 0 spiro atoms. The SMILES string of the molecule is CC(=O)Nc1ccc2c(c1)C(=O)C(=CCC=C1C(=O)c3cc(NC(C)=O)ccc3C1O)C2=O. The quantitative estimate of drug-likeness (QED) is 0.491. The van der Waals surface area contributed by atoms with E-state index in [1.165, 1.54) is 44.2 Å². The molecular formula is C25H20N2O6. The minimum Gasteiger partial charge on any atom is -0.383 e. The number of anilines is 2. The van der Waals surface area contributed by atoms with Crippen LogP contribution in [0.5, 0.6) is 0 Å². The van der Waals surface area contributed by atoms with Gasteiger partial charge in [0.2, 0.25) is 11.8 Å². The number of ketones is 3. The van der Waals surface area contributed by atoms with Crippen molar-refractivity contribution in [3.8, 4) is 0 Å². The second kappa shape index (κ2) is 8.40. The third kappa shape index (κ3) is 4.04. The molecule has 0 aliphatic heterocycles. The van der Waals surface area contributed by atoms with Gasteiger partial charge in [0.1, 0.15) is 6.10 Å². The number of rotatable bonds is 4. The van der Waals surface area contributed by atoms with Gasteiger partial charge in [-0.3, -0.25) is 24.0 Å². The summed E-state index contributed by atoms with van der Waals surface area (Å²) in [7, 11) is 0. The number of hydrogen-bond acceptors (Lipinski definition) is 6. The highest BCUT2D eigenvalue weighted by molar-refractivity contribution is 6.39. The lowest BCUT2D eigenvalue weighted by molar-refractivity contribution is -0.115. The molecule has 2 amide bonds. The number of amides is 2. The van der Waals surface area contributed by atoms with Gasteiger partial charge >= 0.3 is 0 Å². The molecule has 0 saturated carbocycles. The van der Waals surface area contributed by atoms with E-state index >= 15 is 0 Å². The summed E-state index contributed by atoms with van der Waals surface area (Å²) in [6.07, 6.45) is 1.88. The van der Waals surface area contributed by atoms with E-state index in [1.54, 1.807) is 18.2 Å². The zero-order chi connectivity index (χ0) is 23.9. The normalized spacial score (nSPS) is 19.1. The van der Waals surface area contributed by atoms with Crippen molar-refractivity contribution < 1.29 is 29.1 Å². The number of benzene rings is 2. The van der Waals surface area contributed by atoms with E-state index in [9.17, 15) is 29.1 Å². The van der Waals surface area contributed by atoms with Gasteiger partial charge in [-0.25, -0.2) is 0 Å². The molecule has 33 heavy (non-hydrogen) atoms. The summed E-state index contributed by atoms with van der Waals surface area (Å²) in [4.78, 5) is 60.7. The summed E-state index contributed by atoms with van der Waals surface area (Å²) in [5.41, 5.74) is 2.17. The predicted molar refractivity (Wildman–Crippen MR) is 120 cm³/mol. The van der Waals surface area contributed by atoms with Crippen molar-refractivity contribution in [1.82, 2.24) is 0 Å². The Kier molecular flexibility index (Phi) is 5.61. The molecule has 8 heteroatoms. The average Bonchev–Trinajstić information content (AvgIpc) is 3.12. The first-order valence-electron chi connectivity index (χ1n) is 10.2. The monoisotopic (exact) mass is 444 g/mol. The molecule has 0 bridgehead atoms. The Balaban J connectivity index is 1.55. The highest BCUT2D eigenvalue weighted by Gasteiger charge is 2.34. The Morgan fingerprint density at radius 3 is 2.03 bits per heavy atom. The number of hydrogen-bond donors (Lipinski definition) is 3. The molecule has 0 saturated heterocycles. The smallest absolute Gasteiger partial charge is 0.221 e. The van der Waals surface area contributed by atoms with Crippen LogP contribution in [0.3, 0.4) is 0 Å². The van der Waals surface area contributed by atoms with Crippen molar-refractivity contribution in [2.45, 2.75) is 26.4 Å². The average molecular weight is 444 g/mol. The first-order chi connectivity index (χ1) is 15.7. The molecule has 2 aromatic rings. The molecule has 2 aromatic carbocycles. The topological polar surface area (TPSA) is 130 Å². The Labute approximate surface area is 189 Å². The standard InChI is InChI=1S/C25H20N2O6/c1-12(28)26-14-6-8-16-20(10-14)24(32)18(22(16)30)4-3-5-19-23(31)17-9-7-15(27-13(2)29)11-21(17)25(19)33/h4-11,22,30H,3H2,1-2H3,(H,26,28)(H,27,29). The van der Waals surface area contributed by atoms with Gasteiger partial charge in [-0.05, 0) is 42.3 Å². The lowest BCUT2D eigenvalue weighted by atomic mass is 10.1. The number of allylic oxidation sites excluding steroid dienone is 3. The second-order valence-corrected chi connectivity index (χ2v) is 7.83. The van der Waals surface area contributed by atoms with Crippen molar-refractivity contribution >= 4 is 40.5 Å². The first kappa shape index (κ1) is 22.0. The third-order valence-electron chi connectivity index (χ3n) is 5.45. The number of Topliss-reactive ketones (excluding diaryl/α,β-unsaturated/α-hetero) is 3.